The molecular weight excluding hydrogens is 310 g/mol. The van der Waals surface area contributed by atoms with Gasteiger partial charge < -0.3 is 0 Å². The SMILES string of the molecule is CC1(c2nnc(S(=O)(=O)Cl)n2-c2ccccc2)CCCC1. The number of hydrogen-bond donors (Lipinski definition) is 0. The van der Waals surface area contributed by atoms with Crippen molar-refractivity contribution in [3.63, 3.8) is 0 Å². The molecule has 3 rings (SSSR count). The summed E-state index contributed by atoms with van der Waals surface area (Å²) < 4.78 is 25.2. The highest BCUT2D eigenvalue weighted by Gasteiger charge is 2.38. The topological polar surface area (TPSA) is 64.8 Å². The summed E-state index contributed by atoms with van der Waals surface area (Å²) in [6, 6.07) is 9.23. The summed E-state index contributed by atoms with van der Waals surface area (Å²) in [5.41, 5.74) is 0.549. The van der Waals surface area contributed by atoms with Crippen LogP contribution in [0.4, 0.5) is 0 Å². The maximum atomic E-state index is 11.8. The zero-order valence-corrected chi connectivity index (χ0v) is 13.2. The molecule has 0 spiro atoms. The van der Waals surface area contributed by atoms with Crippen LogP contribution in [-0.2, 0) is 14.5 Å². The van der Waals surface area contributed by atoms with Crippen LogP contribution in [0, 0.1) is 0 Å². The van der Waals surface area contributed by atoms with Gasteiger partial charge in [0.05, 0.1) is 0 Å². The number of hydrogen-bond acceptors (Lipinski definition) is 4. The molecule has 1 aliphatic carbocycles. The number of aromatic nitrogens is 3. The van der Waals surface area contributed by atoms with Gasteiger partial charge in [-0.1, -0.05) is 38.0 Å². The average Bonchev–Trinajstić information content (AvgIpc) is 3.06. The van der Waals surface area contributed by atoms with Gasteiger partial charge in [0.15, 0.2) is 0 Å². The molecule has 0 radical (unpaired) electrons. The Hall–Kier alpha value is -1.40. The van der Waals surface area contributed by atoms with E-state index in [2.05, 4.69) is 17.1 Å². The summed E-state index contributed by atoms with van der Waals surface area (Å²) in [5.74, 6) is 0.672. The van der Waals surface area contributed by atoms with E-state index in [1.807, 2.05) is 30.3 Å². The average molecular weight is 326 g/mol. The first-order chi connectivity index (χ1) is 9.92. The Morgan fingerprint density at radius 1 is 1.14 bits per heavy atom. The van der Waals surface area contributed by atoms with Gasteiger partial charge in [0, 0.05) is 21.8 Å². The minimum absolute atomic E-state index is 0.164. The summed E-state index contributed by atoms with van der Waals surface area (Å²) in [6.45, 7) is 2.11. The largest absolute Gasteiger partial charge is 0.297 e. The fourth-order valence-electron chi connectivity index (χ4n) is 3.01. The Morgan fingerprint density at radius 3 is 2.33 bits per heavy atom. The second-order valence-corrected chi connectivity index (χ2v) is 8.14. The highest BCUT2D eigenvalue weighted by atomic mass is 35.7. The van der Waals surface area contributed by atoms with Crippen molar-refractivity contribution in [1.82, 2.24) is 14.8 Å². The van der Waals surface area contributed by atoms with Crippen molar-refractivity contribution in [2.75, 3.05) is 0 Å². The van der Waals surface area contributed by atoms with E-state index >= 15 is 0 Å². The zero-order valence-electron chi connectivity index (χ0n) is 11.7. The molecule has 1 saturated carbocycles. The van der Waals surface area contributed by atoms with Crippen molar-refractivity contribution < 1.29 is 8.42 Å². The van der Waals surface area contributed by atoms with E-state index in [4.69, 9.17) is 10.7 Å². The predicted octanol–water partition coefficient (Wildman–Crippen LogP) is 3.03. The summed E-state index contributed by atoms with van der Waals surface area (Å²) in [4.78, 5) is 0. The smallest absolute Gasteiger partial charge is 0.268 e. The number of halogens is 1. The van der Waals surface area contributed by atoms with Crippen LogP contribution in [0.25, 0.3) is 5.69 Å². The van der Waals surface area contributed by atoms with Crippen LogP contribution >= 0.6 is 10.7 Å². The lowest BCUT2D eigenvalue weighted by atomic mass is 9.88. The Morgan fingerprint density at radius 2 is 1.76 bits per heavy atom. The Labute approximate surface area is 128 Å². The van der Waals surface area contributed by atoms with Crippen molar-refractivity contribution in [1.29, 1.82) is 0 Å². The summed E-state index contributed by atoms with van der Waals surface area (Å²) in [7, 11) is 1.57. The third-order valence-corrected chi connectivity index (χ3v) is 5.23. The van der Waals surface area contributed by atoms with Crippen molar-refractivity contribution >= 4 is 19.7 Å². The lowest BCUT2D eigenvalue weighted by molar-refractivity contribution is 0.447. The molecule has 1 aromatic carbocycles. The first-order valence-electron chi connectivity index (χ1n) is 6.88. The maximum absolute atomic E-state index is 11.8. The standard InChI is InChI=1S/C14H16ClN3O2S/c1-14(9-5-6-10-14)12-16-17-13(21(15,19)20)18(12)11-7-3-2-4-8-11/h2-4,7-8H,5-6,9-10H2,1H3. The lowest BCUT2D eigenvalue weighted by Crippen LogP contribution is -2.23. The van der Waals surface area contributed by atoms with Crippen LogP contribution in [0.1, 0.15) is 38.4 Å². The van der Waals surface area contributed by atoms with Gasteiger partial charge in [-0.3, -0.25) is 4.57 Å². The fraction of sp³-hybridized carbons (Fsp3) is 0.429. The summed E-state index contributed by atoms with van der Waals surface area (Å²) in [6.07, 6.45) is 4.17. The Balaban J connectivity index is 2.25. The van der Waals surface area contributed by atoms with E-state index in [1.54, 1.807) is 4.57 Å². The van der Waals surface area contributed by atoms with Crippen LogP contribution in [0.3, 0.4) is 0 Å². The summed E-state index contributed by atoms with van der Waals surface area (Å²) in [5, 5.41) is 7.80. The zero-order chi connectivity index (χ0) is 15.1. The van der Waals surface area contributed by atoms with Gasteiger partial charge in [-0.2, -0.15) is 0 Å². The molecule has 1 heterocycles. The highest BCUT2D eigenvalue weighted by Crippen LogP contribution is 2.41. The van der Waals surface area contributed by atoms with Crippen molar-refractivity contribution in [3.05, 3.63) is 36.2 Å². The number of benzene rings is 1. The highest BCUT2D eigenvalue weighted by molar-refractivity contribution is 8.13. The first kappa shape index (κ1) is 14.5. The van der Waals surface area contributed by atoms with E-state index in [0.29, 0.717) is 11.5 Å². The molecule has 2 aromatic rings. The van der Waals surface area contributed by atoms with Gasteiger partial charge in [-0.15, -0.1) is 10.2 Å². The number of para-hydroxylation sites is 1. The molecule has 21 heavy (non-hydrogen) atoms. The number of rotatable bonds is 3. The Kier molecular flexibility index (Phi) is 3.53. The molecule has 0 unspecified atom stereocenters. The quantitative estimate of drug-likeness (QED) is 0.814. The molecule has 5 nitrogen and oxygen atoms in total. The second kappa shape index (κ2) is 5.10. The van der Waals surface area contributed by atoms with E-state index in [9.17, 15) is 8.42 Å². The van der Waals surface area contributed by atoms with Gasteiger partial charge in [0.2, 0.25) is 0 Å². The molecule has 0 aliphatic heterocycles. The molecule has 0 atom stereocenters. The minimum Gasteiger partial charge on any atom is -0.268 e. The van der Waals surface area contributed by atoms with Gasteiger partial charge in [0.1, 0.15) is 5.82 Å². The van der Waals surface area contributed by atoms with E-state index < -0.39 is 9.05 Å². The molecule has 0 N–H and O–H groups in total. The van der Waals surface area contributed by atoms with Gasteiger partial charge in [-0.05, 0) is 25.0 Å². The first-order valence-corrected chi connectivity index (χ1v) is 9.19. The van der Waals surface area contributed by atoms with Crippen LogP contribution in [-0.4, -0.2) is 23.2 Å². The molecule has 1 fully saturated rings. The minimum atomic E-state index is -3.96. The molecular formula is C14H16ClN3O2S. The van der Waals surface area contributed by atoms with Crippen molar-refractivity contribution in [3.8, 4) is 5.69 Å². The third kappa shape index (κ3) is 2.58. The molecule has 1 aliphatic rings. The second-order valence-electron chi connectivity index (χ2n) is 5.68. The normalized spacial score (nSPS) is 18.0. The fourth-order valence-corrected chi connectivity index (χ4v) is 3.86. The van der Waals surface area contributed by atoms with Crippen molar-refractivity contribution in [2.24, 2.45) is 0 Å². The van der Waals surface area contributed by atoms with Crippen LogP contribution in [0.5, 0.6) is 0 Å². The van der Waals surface area contributed by atoms with Crippen LogP contribution < -0.4 is 0 Å². The lowest BCUT2D eigenvalue weighted by Gasteiger charge is -2.23. The van der Waals surface area contributed by atoms with Crippen molar-refractivity contribution in [2.45, 2.75) is 43.2 Å². The van der Waals surface area contributed by atoms with Crippen LogP contribution in [0.15, 0.2) is 35.5 Å². The Bertz CT molecular complexity index is 750. The van der Waals surface area contributed by atoms with E-state index in [0.717, 1.165) is 25.7 Å². The van der Waals surface area contributed by atoms with Crippen LogP contribution in [0.2, 0.25) is 0 Å². The molecule has 0 amide bonds. The molecule has 112 valence electrons. The molecule has 0 saturated heterocycles. The monoisotopic (exact) mass is 325 g/mol. The number of nitrogens with zero attached hydrogens (tertiary/aromatic N) is 3. The van der Waals surface area contributed by atoms with Gasteiger partial charge >= 0.3 is 0 Å². The predicted molar refractivity (Wildman–Crippen MR) is 80.2 cm³/mol. The summed E-state index contributed by atoms with van der Waals surface area (Å²) >= 11 is 0. The molecule has 1 aromatic heterocycles. The third-order valence-electron chi connectivity index (χ3n) is 4.11. The van der Waals surface area contributed by atoms with Gasteiger partial charge in [-0.25, -0.2) is 8.42 Å². The maximum Gasteiger partial charge on any atom is 0.297 e. The molecule has 0 bridgehead atoms. The van der Waals surface area contributed by atoms with E-state index in [1.165, 1.54) is 0 Å². The van der Waals surface area contributed by atoms with Gasteiger partial charge in [0.25, 0.3) is 14.2 Å². The molecule has 7 heteroatoms. The van der Waals surface area contributed by atoms with E-state index in [-0.39, 0.29) is 10.6 Å².